The monoisotopic (exact) mass is 297 g/mol. The molecule has 3 N–H and O–H groups in total. The van der Waals surface area contributed by atoms with E-state index < -0.39 is 5.82 Å². The van der Waals surface area contributed by atoms with E-state index in [1.807, 2.05) is 0 Å². The first kappa shape index (κ1) is 15.2. The van der Waals surface area contributed by atoms with E-state index in [0.717, 1.165) is 26.2 Å². The predicted octanol–water partition coefficient (Wildman–Crippen LogP) is 1.59. The summed E-state index contributed by atoms with van der Waals surface area (Å²) < 4.78 is 19.4. The van der Waals surface area contributed by atoms with Gasteiger partial charge in [0.05, 0.1) is 12.7 Å². The van der Waals surface area contributed by atoms with Gasteiger partial charge in [-0.25, -0.2) is 4.39 Å². The highest BCUT2D eigenvalue weighted by atomic mass is 32.1. The molecule has 1 fully saturated rings. The third-order valence-corrected chi connectivity index (χ3v) is 3.66. The fraction of sp³-hybridized carbons (Fsp3) is 0.500. The summed E-state index contributed by atoms with van der Waals surface area (Å²) in [5.74, 6) is -0.401. The number of anilines is 1. The molecule has 1 unspecified atom stereocenters. The number of nitrogens with one attached hydrogen (secondary N) is 1. The van der Waals surface area contributed by atoms with Crippen molar-refractivity contribution in [2.45, 2.75) is 13.0 Å². The molecule has 1 aromatic rings. The fourth-order valence-electron chi connectivity index (χ4n) is 2.25. The first-order valence-corrected chi connectivity index (χ1v) is 7.18. The van der Waals surface area contributed by atoms with Crippen LogP contribution >= 0.6 is 12.2 Å². The van der Waals surface area contributed by atoms with Gasteiger partial charge in [0.1, 0.15) is 10.8 Å². The predicted molar refractivity (Wildman–Crippen MR) is 82.6 cm³/mol. The molecule has 0 bridgehead atoms. The van der Waals surface area contributed by atoms with Crippen molar-refractivity contribution in [1.82, 2.24) is 4.90 Å². The van der Waals surface area contributed by atoms with E-state index in [2.05, 4.69) is 17.1 Å². The molecule has 0 aliphatic carbocycles. The van der Waals surface area contributed by atoms with Gasteiger partial charge in [-0.3, -0.25) is 4.90 Å². The molecule has 1 aliphatic rings. The van der Waals surface area contributed by atoms with Crippen LogP contribution in [0.25, 0.3) is 0 Å². The lowest BCUT2D eigenvalue weighted by atomic mass is 10.2. The second-order valence-corrected chi connectivity index (χ2v) is 5.27. The maximum Gasteiger partial charge on any atom is 0.135 e. The van der Waals surface area contributed by atoms with E-state index >= 15 is 0 Å². The Morgan fingerprint density at radius 1 is 1.60 bits per heavy atom. The van der Waals surface area contributed by atoms with Crippen molar-refractivity contribution < 1.29 is 9.13 Å². The van der Waals surface area contributed by atoms with Crippen LogP contribution in [0.5, 0.6) is 0 Å². The highest BCUT2D eigenvalue weighted by molar-refractivity contribution is 7.80. The molecular formula is C14H20FN3OS. The molecule has 0 saturated carbocycles. The minimum Gasteiger partial charge on any atom is -0.389 e. The summed E-state index contributed by atoms with van der Waals surface area (Å²) in [6.07, 6.45) is 0.127. The number of halogens is 1. The maximum atomic E-state index is 13.7. The van der Waals surface area contributed by atoms with Crippen LogP contribution in [0.15, 0.2) is 18.2 Å². The average Bonchev–Trinajstić information content (AvgIpc) is 2.45. The third-order valence-electron chi connectivity index (χ3n) is 3.44. The molecule has 110 valence electrons. The van der Waals surface area contributed by atoms with Gasteiger partial charge in [0.2, 0.25) is 0 Å². The Morgan fingerprint density at radius 2 is 2.40 bits per heavy atom. The summed E-state index contributed by atoms with van der Waals surface area (Å²) in [7, 11) is 0. The van der Waals surface area contributed by atoms with Gasteiger partial charge >= 0.3 is 0 Å². The molecule has 0 aromatic heterocycles. The van der Waals surface area contributed by atoms with E-state index in [4.69, 9.17) is 22.7 Å². The van der Waals surface area contributed by atoms with Crippen molar-refractivity contribution in [3.05, 3.63) is 29.6 Å². The van der Waals surface area contributed by atoms with Crippen molar-refractivity contribution in [3.63, 3.8) is 0 Å². The molecule has 2 rings (SSSR count). The fourth-order valence-corrected chi connectivity index (χ4v) is 2.41. The topological polar surface area (TPSA) is 50.5 Å². The van der Waals surface area contributed by atoms with Crippen LogP contribution in [0.4, 0.5) is 10.1 Å². The number of rotatable bonds is 5. The first-order valence-electron chi connectivity index (χ1n) is 6.77. The van der Waals surface area contributed by atoms with Gasteiger partial charge in [-0.2, -0.15) is 0 Å². The van der Waals surface area contributed by atoms with Crippen molar-refractivity contribution in [3.8, 4) is 0 Å². The van der Waals surface area contributed by atoms with Crippen LogP contribution in [0, 0.1) is 5.82 Å². The zero-order valence-electron chi connectivity index (χ0n) is 11.6. The molecule has 1 heterocycles. The molecule has 0 radical (unpaired) electrons. The molecule has 0 amide bonds. The third kappa shape index (κ3) is 3.88. The van der Waals surface area contributed by atoms with E-state index in [-0.39, 0.29) is 16.7 Å². The Morgan fingerprint density at radius 3 is 3.05 bits per heavy atom. The van der Waals surface area contributed by atoms with Crippen molar-refractivity contribution in [2.75, 3.05) is 38.1 Å². The van der Waals surface area contributed by atoms with Gasteiger partial charge in [-0.15, -0.1) is 0 Å². The van der Waals surface area contributed by atoms with Crippen LogP contribution < -0.4 is 11.1 Å². The Bertz CT molecular complexity index is 483. The summed E-state index contributed by atoms with van der Waals surface area (Å²) in [6.45, 7) is 6.44. The van der Waals surface area contributed by atoms with Gasteiger partial charge in [0, 0.05) is 30.9 Å². The molecule has 6 heteroatoms. The van der Waals surface area contributed by atoms with Gasteiger partial charge in [-0.05, 0) is 24.7 Å². The lowest BCUT2D eigenvalue weighted by Crippen LogP contribution is -2.45. The summed E-state index contributed by atoms with van der Waals surface area (Å²) in [5.41, 5.74) is 6.41. The van der Waals surface area contributed by atoms with Gasteiger partial charge in [-0.1, -0.05) is 19.1 Å². The van der Waals surface area contributed by atoms with E-state index in [1.165, 1.54) is 6.07 Å². The Balaban J connectivity index is 1.91. The summed E-state index contributed by atoms with van der Waals surface area (Å²) in [5, 5.41) is 3.19. The van der Waals surface area contributed by atoms with Gasteiger partial charge in [0.15, 0.2) is 0 Å². The number of ether oxygens (including phenoxy) is 1. The smallest absolute Gasteiger partial charge is 0.135 e. The average molecular weight is 297 g/mol. The lowest BCUT2D eigenvalue weighted by Gasteiger charge is -2.32. The Hall–Kier alpha value is -1.24. The van der Waals surface area contributed by atoms with Crippen molar-refractivity contribution >= 4 is 22.9 Å². The number of hydrogen-bond donors (Lipinski definition) is 2. The molecule has 20 heavy (non-hydrogen) atoms. The Labute approximate surface area is 124 Å². The molecule has 4 nitrogen and oxygen atoms in total. The van der Waals surface area contributed by atoms with Crippen molar-refractivity contribution in [1.29, 1.82) is 0 Å². The highest BCUT2D eigenvalue weighted by Gasteiger charge is 2.18. The van der Waals surface area contributed by atoms with Crippen LogP contribution in [0.2, 0.25) is 0 Å². The lowest BCUT2D eigenvalue weighted by molar-refractivity contribution is -0.0191. The van der Waals surface area contributed by atoms with Crippen LogP contribution in [0.3, 0.4) is 0 Å². The minimum atomic E-state index is -0.401. The highest BCUT2D eigenvalue weighted by Crippen LogP contribution is 2.15. The number of morpholine rings is 1. The van der Waals surface area contributed by atoms with E-state index in [1.54, 1.807) is 12.1 Å². The van der Waals surface area contributed by atoms with Gasteiger partial charge < -0.3 is 15.8 Å². The quantitative estimate of drug-likeness (QED) is 0.808. The zero-order valence-corrected chi connectivity index (χ0v) is 12.4. The van der Waals surface area contributed by atoms with E-state index in [0.29, 0.717) is 12.2 Å². The Kier molecular flexibility index (Phi) is 5.28. The van der Waals surface area contributed by atoms with Crippen molar-refractivity contribution in [2.24, 2.45) is 5.73 Å². The number of nitrogens with two attached hydrogens (primary N) is 1. The first-order chi connectivity index (χ1) is 9.60. The summed E-state index contributed by atoms with van der Waals surface area (Å²) >= 11 is 4.78. The number of thiocarbonyl (C=S) groups is 1. The summed E-state index contributed by atoms with van der Waals surface area (Å²) in [6, 6.07) is 4.78. The molecule has 1 aromatic carbocycles. The molecule has 1 aliphatic heterocycles. The zero-order chi connectivity index (χ0) is 14.5. The number of nitrogens with zero attached hydrogens (tertiary/aromatic N) is 1. The maximum absolute atomic E-state index is 13.7. The van der Waals surface area contributed by atoms with E-state index in [9.17, 15) is 4.39 Å². The SMILES string of the molecule is CCN1CCOC(CNc2ccc(C(N)=S)c(F)c2)C1. The number of benzene rings is 1. The number of hydrogen-bond acceptors (Lipinski definition) is 4. The second-order valence-electron chi connectivity index (χ2n) is 4.83. The molecule has 0 spiro atoms. The standard InChI is InChI=1S/C14H20FN3OS/c1-2-18-5-6-19-11(9-18)8-17-10-3-4-12(14(16)20)13(15)7-10/h3-4,7,11,17H,2,5-6,8-9H2,1H3,(H2,16,20). The molecular weight excluding hydrogens is 277 g/mol. The number of likely N-dealkylation sites (N-methyl/N-ethyl adjacent to an activating group) is 1. The van der Waals surface area contributed by atoms with Gasteiger partial charge in [0.25, 0.3) is 0 Å². The summed E-state index contributed by atoms with van der Waals surface area (Å²) in [4.78, 5) is 2.41. The largest absolute Gasteiger partial charge is 0.389 e. The molecule has 1 saturated heterocycles. The van der Waals surface area contributed by atoms with Crippen LogP contribution in [-0.4, -0.2) is 48.8 Å². The normalized spacial score (nSPS) is 19.8. The van der Waals surface area contributed by atoms with Crippen LogP contribution in [-0.2, 0) is 4.74 Å². The molecule has 1 atom stereocenters. The van der Waals surface area contributed by atoms with Crippen LogP contribution in [0.1, 0.15) is 12.5 Å². The second kappa shape index (κ2) is 6.97. The minimum absolute atomic E-state index is 0.0725.